The molecule has 124 valence electrons. The summed E-state index contributed by atoms with van der Waals surface area (Å²) in [5.41, 5.74) is 1.51. The van der Waals surface area contributed by atoms with Crippen molar-refractivity contribution in [2.75, 3.05) is 24.9 Å². The van der Waals surface area contributed by atoms with Crippen LogP contribution < -0.4 is 20.1 Å². The second kappa shape index (κ2) is 7.21. The number of benzene rings is 2. The second-order valence-corrected chi connectivity index (χ2v) is 6.63. The first-order chi connectivity index (χ1) is 11.6. The predicted molar refractivity (Wildman–Crippen MR) is 104 cm³/mol. The summed E-state index contributed by atoms with van der Waals surface area (Å²) >= 11 is 13.0. The van der Waals surface area contributed by atoms with Crippen molar-refractivity contribution in [3.8, 4) is 11.5 Å². The lowest BCUT2D eigenvalue weighted by atomic mass is 10.3. The van der Waals surface area contributed by atoms with Gasteiger partial charge in [-0.1, -0.05) is 29.0 Å². The minimum Gasteiger partial charge on any atom is -0.497 e. The molecule has 0 spiro atoms. The lowest BCUT2D eigenvalue weighted by molar-refractivity contribution is 0.395. The molecule has 1 aromatic heterocycles. The lowest BCUT2D eigenvalue weighted by Gasteiger charge is -2.11. The predicted octanol–water partition coefficient (Wildman–Crippen LogP) is 4.78. The Hall–Kier alpha value is -2.09. The van der Waals surface area contributed by atoms with Crippen LogP contribution in [0.25, 0.3) is 10.2 Å². The Morgan fingerprint density at radius 2 is 1.83 bits per heavy atom. The van der Waals surface area contributed by atoms with Gasteiger partial charge in [-0.25, -0.2) is 4.98 Å². The van der Waals surface area contributed by atoms with Crippen LogP contribution in [0.4, 0.5) is 10.8 Å². The van der Waals surface area contributed by atoms with Crippen molar-refractivity contribution in [2.24, 2.45) is 0 Å². The Bertz CT molecular complexity index is 876. The smallest absolute Gasteiger partial charge is 0.190 e. The molecule has 24 heavy (non-hydrogen) atoms. The van der Waals surface area contributed by atoms with Gasteiger partial charge < -0.3 is 20.1 Å². The van der Waals surface area contributed by atoms with E-state index in [1.54, 1.807) is 20.3 Å². The monoisotopic (exact) mass is 379 g/mol. The van der Waals surface area contributed by atoms with Crippen LogP contribution in [0.5, 0.6) is 11.5 Å². The summed E-state index contributed by atoms with van der Waals surface area (Å²) in [5, 5.41) is 7.87. The van der Waals surface area contributed by atoms with Crippen molar-refractivity contribution in [3.05, 3.63) is 41.4 Å². The fraction of sp³-hybridized carbons (Fsp3) is 0.125. The number of nitrogens with zero attached hydrogens (tertiary/aromatic N) is 1. The molecular formula is C16H14ClN3O2S2. The molecule has 0 aliphatic carbocycles. The van der Waals surface area contributed by atoms with Gasteiger partial charge in [-0.2, -0.15) is 0 Å². The highest BCUT2D eigenvalue weighted by Gasteiger charge is 2.09. The van der Waals surface area contributed by atoms with Gasteiger partial charge in [0, 0.05) is 23.9 Å². The molecule has 0 aliphatic rings. The first-order valence-corrected chi connectivity index (χ1v) is 8.55. The maximum atomic E-state index is 6.14. The summed E-state index contributed by atoms with van der Waals surface area (Å²) in [6.07, 6.45) is 0. The molecule has 0 atom stereocenters. The molecule has 1 heterocycles. The van der Waals surface area contributed by atoms with Crippen LogP contribution in [-0.4, -0.2) is 24.3 Å². The number of nitrogens with one attached hydrogen (secondary N) is 2. The molecule has 3 rings (SSSR count). The molecule has 0 unspecified atom stereocenters. The third-order valence-corrected chi connectivity index (χ3v) is 4.64. The van der Waals surface area contributed by atoms with E-state index in [0.29, 0.717) is 26.8 Å². The third kappa shape index (κ3) is 3.69. The van der Waals surface area contributed by atoms with Gasteiger partial charge >= 0.3 is 0 Å². The first kappa shape index (κ1) is 16.8. The molecule has 0 aliphatic heterocycles. The van der Waals surface area contributed by atoms with Crippen LogP contribution >= 0.6 is 35.2 Å². The number of fused-ring (bicyclic) bond motifs is 1. The minimum atomic E-state index is 0.417. The van der Waals surface area contributed by atoms with Crippen molar-refractivity contribution >= 4 is 61.3 Å². The maximum Gasteiger partial charge on any atom is 0.190 e. The number of hydrogen-bond donors (Lipinski definition) is 2. The van der Waals surface area contributed by atoms with Gasteiger partial charge in [0.15, 0.2) is 10.2 Å². The van der Waals surface area contributed by atoms with Gasteiger partial charge in [0.25, 0.3) is 0 Å². The lowest BCUT2D eigenvalue weighted by Crippen LogP contribution is -2.18. The van der Waals surface area contributed by atoms with Crippen LogP contribution in [0.15, 0.2) is 36.4 Å². The number of rotatable bonds is 4. The molecule has 0 radical (unpaired) electrons. The average Bonchev–Trinajstić information content (AvgIpc) is 2.98. The van der Waals surface area contributed by atoms with E-state index in [0.717, 1.165) is 15.9 Å². The molecule has 0 saturated carbocycles. The number of halogens is 1. The summed E-state index contributed by atoms with van der Waals surface area (Å²) in [4.78, 5) is 4.46. The SMILES string of the molecule is COc1cc(NC(=S)Nc2nc3c(Cl)cccc3s2)cc(OC)c1. The van der Waals surface area contributed by atoms with E-state index in [-0.39, 0.29) is 0 Å². The molecule has 2 N–H and O–H groups in total. The topological polar surface area (TPSA) is 55.4 Å². The minimum absolute atomic E-state index is 0.417. The molecule has 0 bridgehead atoms. The number of anilines is 2. The fourth-order valence-corrected chi connectivity index (χ4v) is 3.56. The molecule has 0 saturated heterocycles. The fourth-order valence-electron chi connectivity index (χ4n) is 2.11. The second-order valence-electron chi connectivity index (χ2n) is 4.79. The summed E-state index contributed by atoms with van der Waals surface area (Å²) in [5.74, 6) is 1.35. The summed E-state index contributed by atoms with van der Waals surface area (Å²) in [6.45, 7) is 0. The molecule has 2 aromatic carbocycles. The van der Waals surface area contributed by atoms with Crippen LogP contribution in [0.2, 0.25) is 5.02 Å². The van der Waals surface area contributed by atoms with Gasteiger partial charge in [-0.15, -0.1) is 0 Å². The zero-order chi connectivity index (χ0) is 17.1. The zero-order valence-electron chi connectivity index (χ0n) is 12.9. The molecule has 0 amide bonds. The van der Waals surface area contributed by atoms with Crippen LogP contribution in [-0.2, 0) is 0 Å². The highest BCUT2D eigenvalue weighted by molar-refractivity contribution is 7.80. The van der Waals surface area contributed by atoms with Crippen molar-refractivity contribution in [1.82, 2.24) is 4.98 Å². The van der Waals surface area contributed by atoms with E-state index in [1.165, 1.54) is 11.3 Å². The Labute approximate surface area is 153 Å². The normalized spacial score (nSPS) is 10.5. The molecule has 8 heteroatoms. The number of methoxy groups -OCH3 is 2. The number of ether oxygens (including phenoxy) is 2. The Balaban J connectivity index is 1.76. The van der Waals surface area contributed by atoms with Crippen molar-refractivity contribution in [3.63, 3.8) is 0 Å². The number of para-hydroxylation sites is 1. The number of aromatic nitrogens is 1. The molecule has 0 fully saturated rings. The largest absolute Gasteiger partial charge is 0.497 e. The zero-order valence-corrected chi connectivity index (χ0v) is 15.3. The number of thiazole rings is 1. The van der Waals surface area contributed by atoms with E-state index in [2.05, 4.69) is 15.6 Å². The van der Waals surface area contributed by atoms with Crippen molar-refractivity contribution in [1.29, 1.82) is 0 Å². The average molecular weight is 380 g/mol. The summed E-state index contributed by atoms with van der Waals surface area (Å²) in [7, 11) is 3.19. The van der Waals surface area contributed by atoms with Crippen LogP contribution in [0.1, 0.15) is 0 Å². The van der Waals surface area contributed by atoms with E-state index in [1.807, 2.05) is 30.3 Å². The maximum absolute atomic E-state index is 6.14. The highest BCUT2D eigenvalue weighted by atomic mass is 35.5. The van der Waals surface area contributed by atoms with Gasteiger partial charge in [0.05, 0.1) is 23.9 Å². The van der Waals surface area contributed by atoms with Crippen LogP contribution in [0, 0.1) is 0 Å². The highest BCUT2D eigenvalue weighted by Crippen LogP contribution is 2.31. The van der Waals surface area contributed by atoms with Gasteiger partial charge in [0.1, 0.15) is 17.0 Å². The number of thiocarbonyl (C=S) groups is 1. The van der Waals surface area contributed by atoms with E-state index in [9.17, 15) is 0 Å². The van der Waals surface area contributed by atoms with Gasteiger partial charge in [-0.3, -0.25) is 0 Å². The van der Waals surface area contributed by atoms with E-state index >= 15 is 0 Å². The molecule has 3 aromatic rings. The quantitative estimate of drug-likeness (QED) is 0.636. The Morgan fingerprint density at radius 1 is 1.12 bits per heavy atom. The van der Waals surface area contributed by atoms with Gasteiger partial charge in [0.2, 0.25) is 0 Å². The van der Waals surface area contributed by atoms with E-state index < -0.39 is 0 Å². The Kier molecular flexibility index (Phi) is 5.03. The molecular weight excluding hydrogens is 366 g/mol. The summed E-state index contributed by atoms with van der Waals surface area (Å²) < 4.78 is 11.5. The molecule has 5 nitrogen and oxygen atoms in total. The van der Waals surface area contributed by atoms with Gasteiger partial charge in [-0.05, 0) is 24.4 Å². The van der Waals surface area contributed by atoms with E-state index in [4.69, 9.17) is 33.3 Å². The summed E-state index contributed by atoms with van der Waals surface area (Å²) in [6, 6.07) is 11.1. The van der Waals surface area contributed by atoms with Crippen LogP contribution in [0.3, 0.4) is 0 Å². The van der Waals surface area contributed by atoms with Crippen molar-refractivity contribution in [2.45, 2.75) is 0 Å². The first-order valence-electron chi connectivity index (χ1n) is 6.95. The van der Waals surface area contributed by atoms with Crippen molar-refractivity contribution < 1.29 is 9.47 Å². The Morgan fingerprint density at radius 3 is 2.46 bits per heavy atom. The standard InChI is InChI=1S/C16H14ClN3O2S2/c1-21-10-6-9(7-11(8-10)22-2)18-15(23)20-16-19-14-12(17)4-3-5-13(14)24-16/h3-8H,1-2H3,(H2,18,19,20,23). The number of hydrogen-bond acceptors (Lipinski definition) is 5. The third-order valence-electron chi connectivity index (χ3n) is 3.20.